The quantitative estimate of drug-likeness (QED) is 0.256. The highest BCUT2D eigenvalue weighted by molar-refractivity contribution is 6.83. The molecule has 0 radical (unpaired) electrons. The van der Waals surface area contributed by atoms with Gasteiger partial charge in [-0.1, -0.05) is 152 Å². The summed E-state index contributed by atoms with van der Waals surface area (Å²) in [5, 5.41) is 1.57. The van der Waals surface area contributed by atoms with Crippen LogP contribution in [0.3, 0.4) is 0 Å². The van der Waals surface area contributed by atoms with Gasteiger partial charge in [-0.15, -0.1) is 0 Å². The highest BCUT2D eigenvalue weighted by Crippen LogP contribution is 2.60. The first-order chi connectivity index (χ1) is 17.0. The van der Waals surface area contributed by atoms with Crippen LogP contribution < -0.4 is 0 Å². The highest BCUT2D eigenvalue weighted by atomic mass is 28.3. The van der Waals surface area contributed by atoms with Crippen molar-refractivity contribution in [1.82, 2.24) is 0 Å². The van der Waals surface area contributed by atoms with E-state index >= 15 is 0 Å². The number of hydrogen-bond acceptors (Lipinski definition) is 0. The maximum Gasteiger partial charge on any atom is 0.0771 e. The van der Waals surface area contributed by atoms with Crippen molar-refractivity contribution in [2.24, 2.45) is 0 Å². The van der Waals surface area contributed by atoms with E-state index in [-0.39, 0.29) is 11.3 Å². The molecule has 0 bridgehead atoms. The summed E-state index contributed by atoms with van der Waals surface area (Å²) >= 11 is 0. The Morgan fingerprint density at radius 2 is 1.06 bits per heavy atom. The number of fused-ring (bicyclic) bond motifs is 3. The van der Waals surface area contributed by atoms with Crippen molar-refractivity contribution in [1.29, 1.82) is 0 Å². The molecule has 0 spiro atoms. The minimum Gasteiger partial charge on any atom is -0.0812 e. The second-order valence-electron chi connectivity index (χ2n) is 10.9. The highest BCUT2D eigenvalue weighted by Gasteiger charge is 2.50. The summed E-state index contributed by atoms with van der Waals surface area (Å²) < 4.78 is 0. The fourth-order valence-electron chi connectivity index (χ4n) is 6.40. The number of hydrogen-bond donors (Lipinski definition) is 0. The second-order valence-corrected chi connectivity index (χ2v) is 16.0. The Hall–Kier alpha value is -3.42. The molecule has 0 nitrogen and oxygen atoms in total. The molecule has 1 heteroatoms. The average Bonchev–Trinajstić information content (AvgIpc) is 3.51. The van der Waals surface area contributed by atoms with Crippen LogP contribution in [0.15, 0.2) is 132 Å². The fourth-order valence-corrected chi connectivity index (χ4v) is 7.73. The Morgan fingerprint density at radius 3 is 1.51 bits per heavy atom. The summed E-state index contributed by atoms with van der Waals surface area (Å²) in [6.45, 7) is 7.39. The predicted octanol–water partition coefficient (Wildman–Crippen LogP) is 8.92. The van der Waals surface area contributed by atoms with E-state index in [9.17, 15) is 0 Å². The van der Waals surface area contributed by atoms with Gasteiger partial charge in [0.25, 0.3) is 0 Å². The van der Waals surface area contributed by atoms with Crippen LogP contribution >= 0.6 is 0 Å². The molecule has 0 saturated heterocycles. The van der Waals surface area contributed by atoms with E-state index in [0.29, 0.717) is 0 Å². The van der Waals surface area contributed by atoms with Crippen LogP contribution in [-0.4, -0.2) is 8.07 Å². The zero-order chi connectivity index (χ0) is 24.0. The molecule has 0 saturated carbocycles. The molecule has 2 aliphatic carbocycles. The van der Waals surface area contributed by atoms with Crippen molar-refractivity contribution in [3.05, 3.63) is 154 Å². The topological polar surface area (TPSA) is 0 Å². The Bertz CT molecular complexity index is 1350. The molecule has 35 heavy (non-hydrogen) atoms. The van der Waals surface area contributed by atoms with E-state index in [0.717, 1.165) is 6.42 Å². The standard InChI is InChI=1S/C34H32Si/c1-35(2,3)28-23-22-27(24-28)34(25-14-6-4-7-15-25,26-16-8-5-9-17-26)33-31-20-12-10-18-29(31)30-19-11-13-21-32(30)33/h4-21,23-24,33H,22H2,1-3H3. The smallest absolute Gasteiger partial charge is 0.0771 e. The largest absolute Gasteiger partial charge is 0.0812 e. The van der Waals surface area contributed by atoms with Crippen molar-refractivity contribution < 1.29 is 0 Å². The summed E-state index contributed by atoms with van der Waals surface area (Å²) in [6.07, 6.45) is 6.11. The van der Waals surface area contributed by atoms with Gasteiger partial charge < -0.3 is 0 Å². The summed E-state index contributed by atoms with van der Waals surface area (Å²) in [7, 11) is -1.44. The third kappa shape index (κ3) is 3.41. The lowest BCUT2D eigenvalue weighted by Gasteiger charge is -2.43. The molecule has 6 rings (SSSR count). The summed E-state index contributed by atoms with van der Waals surface area (Å²) in [6, 6.07) is 40.7. The van der Waals surface area contributed by atoms with Gasteiger partial charge in [-0.25, -0.2) is 0 Å². The monoisotopic (exact) mass is 468 g/mol. The van der Waals surface area contributed by atoms with Gasteiger partial charge in [0.2, 0.25) is 0 Å². The van der Waals surface area contributed by atoms with Crippen LogP contribution in [0.25, 0.3) is 11.1 Å². The minimum atomic E-state index is -1.44. The molecule has 0 aromatic heterocycles. The Morgan fingerprint density at radius 1 is 0.600 bits per heavy atom. The van der Waals surface area contributed by atoms with Gasteiger partial charge in [-0.05, 0) is 39.8 Å². The van der Waals surface area contributed by atoms with Crippen LogP contribution in [0.1, 0.15) is 34.6 Å². The van der Waals surface area contributed by atoms with E-state index in [4.69, 9.17) is 0 Å². The third-order valence-corrected chi connectivity index (χ3v) is 10.0. The molecule has 0 unspecified atom stereocenters. The fraction of sp³-hybridized carbons (Fsp3) is 0.176. The number of allylic oxidation sites excluding steroid dienone is 4. The van der Waals surface area contributed by atoms with Crippen molar-refractivity contribution in [2.75, 3.05) is 0 Å². The van der Waals surface area contributed by atoms with Crippen molar-refractivity contribution >= 4 is 8.07 Å². The normalized spacial score (nSPS) is 15.4. The van der Waals surface area contributed by atoms with Gasteiger partial charge >= 0.3 is 0 Å². The number of benzene rings is 4. The van der Waals surface area contributed by atoms with Crippen LogP contribution in [-0.2, 0) is 5.41 Å². The van der Waals surface area contributed by atoms with Crippen molar-refractivity contribution in [2.45, 2.75) is 37.4 Å². The second kappa shape index (κ2) is 8.36. The first kappa shape index (κ1) is 22.1. The molecule has 4 aromatic rings. The lowest BCUT2D eigenvalue weighted by Crippen LogP contribution is -2.37. The molecule has 4 aromatic carbocycles. The maximum absolute atomic E-state index is 2.58. The Labute approximate surface area is 210 Å². The molecule has 0 amide bonds. The third-order valence-electron chi connectivity index (χ3n) is 7.97. The van der Waals surface area contributed by atoms with Crippen LogP contribution in [0.5, 0.6) is 0 Å². The van der Waals surface area contributed by atoms with Crippen LogP contribution in [0, 0.1) is 0 Å². The maximum atomic E-state index is 2.58. The zero-order valence-corrected chi connectivity index (χ0v) is 21.8. The SMILES string of the molecule is C[Si](C)(C)C1=CCC(C(c2ccccc2)(c2ccccc2)C2c3ccccc3-c3ccccc32)=C1. The van der Waals surface area contributed by atoms with Gasteiger partial charge in [0.15, 0.2) is 0 Å². The minimum absolute atomic E-state index is 0.209. The lowest BCUT2D eigenvalue weighted by molar-refractivity contribution is 0.527. The first-order valence-electron chi connectivity index (χ1n) is 12.7. The number of rotatable bonds is 5. The molecule has 0 fully saturated rings. The van der Waals surface area contributed by atoms with Crippen molar-refractivity contribution in [3.63, 3.8) is 0 Å². The van der Waals surface area contributed by atoms with Crippen molar-refractivity contribution in [3.8, 4) is 11.1 Å². The van der Waals surface area contributed by atoms with E-state index in [1.165, 1.54) is 39.0 Å². The molecular formula is C34H32Si. The van der Waals surface area contributed by atoms with E-state index in [1.54, 1.807) is 5.20 Å². The van der Waals surface area contributed by atoms with Crippen LogP contribution in [0.2, 0.25) is 19.6 Å². The molecule has 0 atom stereocenters. The Balaban J connectivity index is 1.73. The average molecular weight is 469 g/mol. The van der Waals surface area contributed by atoms with E-state index in [2.05, 4.69) is 141 Å². The lowest BCUT2D eigenvalue weighted by atomic mass is 9.58. The summed E-state index contributed by atoms with van der Waals surface area (Å²) in [5.41, 5.74) is 9.60. The molecule has 2 aliphatic rings. The molecular weight excluding hydrogens is 436 g/mol. The van der Waals surface area contributed by atoms with Gasteiger partial charge in [0.05, 0.1) is 13.5 Å². The van der Waals surface area contributed by atoms with Gasteiger partial charge in [-0.2, -0.15) is 0 Å². The molecule has 0 heterocycles. The zero-order valence-electron chi connectivity index (χ0n) is 20.8. The summed E-state index contributed by atoms with van der Waals surface area (Å²) in [4.78, 5) is 0. The van der Waals surface area contributed by atoms with Gasteiger partial charge in [0.1, 0.15) is 0 Å². The molecule has 172 valence electrons. The summed E-state index contributed by atoms with van der Waals surface area (Å²) in [5.74, 6) is 0.209. The van der Waals surface area contributed by atoms with E-state index < -0.39 is 8.07 Å². The molecule has 0 aliphatic heterocycles. The van der Waals surface area contributed by atoms with Gasteiger partial charge in [-0.3, -0.25) is 0 Å². The van der Waals surface area contributed by atoms with Gasteiger partial charge in [0, 0.05) is 5.92 Å². The first-order valence-corrected chi connectivity index (χ1v) is 16.2. The molecule has 0 N–H and O–H groups in total. The van der Waals surface area contributed by atoms with Crippen LogP contribution in [0.4, 0.5) is 0 Å². The van der Waals surface area contributed by atoms with E-state index in [1.807, 2.05) is 0 Å². The Kier molecular flexibility index (Phi) is 5.27. The predicted molar refractivity (Wildman–Crippen MR) is 152 cm³/mol.